The Balaban J connectivity index is 1.28. The molecule has 6 heteroatoms. The predicted molar refractivity (Wildman–Crippen MR) is 139 cm³/mol. The van der Waals surface area contributed by atoms with Gasteiger partial charge in [0.05, 0.1) is 0 Å². The molecule has 5 nitrogen and oxygen atoms in total. The van der Waals surface area contributed by atoms with E-state index >= 15 is 0 Å². The van der Waals surface area contributed by atoms with Crippen LogP contribution in [0.5, 0.6) is 0 Å². The summed E-state index contributed by atoms with van der Waals surface area (Å²) in [5.41, 5.74) is 4.70. The molecule has 34 heavy (non-hydrogen) atoms. The highest BCUT2D eigenvalue weighted by Gasteiger charge is 2.22. The average Bonchev–Trinajstić information content (AvgIpc) is 2.88. The SMILES string of the molecule is CCc1ccc(C(=O)N2CCN(c3ccc(NC(=O)/C=C/c4ccc(Cl)cc4)cc3)CC2)cc1. The molecule has 0 saturated carbocycles. The second-order valence-electron chi connectivity index (χ2n) is 8.25. The van der Waals surface area contributed by atoms with Gasteiger partial charge < -0.3 is 15.1 Å². The van der Waals surface area contributed by atoms with Crippen LogP contribution in [0.2, 0.25) is 5.02 Å². The van der Waals surface area contributed by atoms with E-state index in [-0.39, 0.29) is 11.8 Å². The van der Waals surface area contributed by atoms with E-state index in [0.717, 1.165) is 42.0 Å². The van der Waals surface area contributed by atoms with Gasteiger partial charge in [0.25, 0.3) is 5.91 Å². The van der Waals surface area contributed by atoms with Crippen molar-refractivity contribution in [2.24, 2.45) is 0 Å². The van der Waals surface area contributed by atoms with E-state index in [0.29, 0.717) is 18.1 Å². The van der Waals surface area contributed by atoms with Crippen LogP contribution >= 0.6 is 11.6 Å². The average molecular weight is 474 g/mol. The summed E-state index contributed by atoms with van der Waals surface area (Å²) in [4.78, 5) is 29.2. The van der Waals surface area contributed by atoms with Crippen LogP contribution in [0.3, 0.4) is 0 Å². The van der Waals surface area contributed by atoms with Crippen LogP contribution in [-0.2, 0) is 11.2 Å². The normalized spacial score (nSPS) is 13.8. The number of nitrogens with zero attached hydrogens (tertiary/aromatic N) is 2. The Morgan fingerprint density at radius 3 is 2.15 bits per heavy atom. The summed E-state index contributed by atoms with van der Waals surface area (Å²) in [6.07, 6.45) is 4.22. The minimum atomic E-state index is -0.193. The molecule has 0 spiro atoms. The molecule has 174 valence electrons. The van der Waals surface area contributed by atoms with Gasteiger partial charge in [-0.2, -0.15) is 0 Å². The molecule has 0 atom stereocenters. The molecule has 2 amide bonds. The molecular weight excluding hydrogens is 446 g/mol. The van der Waals surface area contributed by atoms with Gasteiger partial charge in [-0.3, -0.25) is 9.59 Å². The molecule has 4 rings (SSSR count). The van der Waals surface area contributed by atoms with Crippen LogP contribution in [0.25, 0.3) is 6.08 Å². The Labute approximate surface area is 205 Å². The van der Waals surface area contributed by atoms with E-state index in [1.807, 2.05) is 65.6 Å². The maximum Gasteiger partial charge on any atom is 0.253 e. The molecule has 0 aromatic heterocycles. The van der Waals surface area contributed by atoms with Gasteiger partial charge in [0.1, 0.15) is 0 Å². The number of rotatable bonds is 6. The van der Waals surface area contributed by atoms with E-state index < -0.39 is 0 Å². The Morgan fingerprint density at radius 2 is 1.53 bits per heavy atom. The van der Waals surface area contributed by atoms with E-state index in [4.69, 9.17) is 11.6 Å². The Morgan fingerprint density at radius 1 is 0.882 bits per heavy atom. The van der Waals surface area contributed by atoms with Crippen molar-refractivity contribution in [1.29, 1.82) is 0 Å². The summed E-state index contributed by atoms with van der Waals surface area (Å²) in [6.45, 7) is 5.02. The van der Waals surface area contributed by atoms with Crippen molar-refractivity contribution in [3.63, 3.8) is 0 Å². The second kappa shape index (κ2) is 11.0. The number of carbonyl (C=O) groups is 2. The van der Waals surface area contributed by atoms with Gasteiger partial charge in [-0.05, 0) is 72.2 Å². The number of piperazine rings is 1. The monoisotopic (exact) mass is 473 g/mol. The van der Waals surface area contributed by atoms with Crippen molar-refractivity contribution in [3.8, 4) is 0 Å². The van der Waals surface area contributed by atoms with Gasteiger partial charge in [0.15, 0.2) is 0 Å². The summed E-state index contributed by atoms with van der Waals surface area (Å²) < 4.78 is 0. The van der Waals surface area contributed by atoms with Crippen molar-refractivity contribution in [1.82, 2.24) is 4.90 Å². The molecule has 1 fully saturated rings. The minimum Gasteiger partial charge on any atom is -0.368 e. The lowest BCUT2D eigenvalue weighted by Gasteiger charge is -2.36. The summed E-state index contributed by atoms with van der Waals surface area (Å²) in [5.74, 6) is -0.103. The molecule has 1 saturated heterocycles. The summed E-state index contributed by atoms with van der Waals surface area (Å²) in [5, 5.41) is 3.54. The summed E-state index contributed by atoms with van der Waals surface area (Å²) >= 11 is 5.88. The fraction of sp³-hybridized carbons (Fsp3) is 0.214. The zero-order valence-corrected chi connectivity index (χ0v) is 20.0. The van der Waals surface area contributed by atoms with Gasteiger partial charge in [0.2, 0.25) is 5.91 Å². The number of benzene rings is 3. The van der Waals surface area contributed by atoms with Crippen LogP contribution in [-0.4, -0.2) is 42.9 Å². The van der Waals surface area contributed by atoms with Crippen molar-refractivity contribution in [2.45, 2.75) is 13.3 Å². The lowest BCUT2D eigenvalue weighted by atomic mass is 10.1. The number of aryl methyl sites for hydroxylation is 1. The third-order valence-electron chi connectivity index (χ3n) is 5.97. The standard InChI is InChI=1S/C28H28ClN3O2/c1-2-21-3-8-23(9-4-21)28(34)32-19-17-31(18-20-32)26-14-12-25(13-15-26)30-27(33)16-7-22-5-10-24(29)11-6-22/h3-16H,2,17-20H2,1H3,(H,30,33)/b16-7+. The first-order chi connectivity index (χ1) is 16.5. The Hall–Kier alpha value is -3.57. The number of halogens is 1. The Bertz CT molecular complexity index is 1150. The molecule has 0 bridgehead atoms. The largest absolute Gasteiger partial charge is 0.368 e. The fourth-order valence-corrected chi connectivity index (χ4v) is 4.04. The third kappa shape index (κ3) is 6.06. The van der Waals surface area contributed by atoms with E-state index in [2.05, 4.69) is 17.1 Å². The highest BCUT2D eigenvalue weighted by molar-refractivity contribution is 6.30. The number of anilines is 2. The van der Waals surface area contributed by atoms with Crippen molar-refractivity contribution in [3.05, 3.63) is 101 Å². The first-order valence-electron chi connectivity index (χ1n) is 11.5. The molecule has 3 aromatic carbocycles. The van der Waals surface area contributed by atoms with Crippen LogP contribution < -0.4 is 10.2 Å². The fourth-order valence-electron chi connectivity index (χ4n) is 3.92. The predicted octanol–water partition coefficient (Wildman–Crippen LogP) is 5.52. The number of amides is 2. The molecule has 0 unspecified atom stereocenters. The lowest BCUT2D eigenvalue weighted by Crippen LogP contribution is -2.48. The molecular formula is C28H28ClN3O2. The highest BCUT2D eigenvalue weighted by Crippen LogP contribution is 2.21. The van der Waals surface area contributed by atoms with E-state index in [1.165, 1.54) is 11.6 Å². The third-order valence-corrected chi connectivity index (χ3v) is 6.23. The smallest absolute Gasteiger partial charge is 0.253 e. The highest BCUT2D eigenvalue weighted by atomic mass is 35.5. The lowest BCUT2D eigenvalue weighted by molar-refractivity contribution is -0.111. The molecule has 3 aromatic rings. The van der Waals surface area contributed by atoms with Gasteiger partial charge >= 0.3 is 0 Å². The summed E-state index contributed by atoms with van der Waals surface area (Å²) in [6, 6.07) is 23.0. The first-order valence-corrected chi connectivity index (χ1v) is 11.9. The minimum absolute atomic E-state index is 0.0898. The molecule has 1 aliphatic rings. The van der Waals surface area contributed by atoms with Crippen LogP contribution in [0.4, 0.5) is 11.4 Å². The number of hydrogen-bond donors (Lipinski definition) is 1. The molecule has 1 N–H and O–H groups in total. The first kappa shape index (κ1) is 23.6. The van der Waals surface area contributed by atoms with Gasteiger partial charge in [0, 0.05) is 54.2 Å². The topological polar surface area (TPSA) is 52.7 Å². The molecule has 1 aliphatic heterocycles. The Kier molecular flexibility index (Phi) is 7.65. The van der Waals surface area contributed by atoms with Crippen molar-refractivity contribution in [2.75, 3.05) is 36.4 Å². The molecule has 0 aliphatic carbocycles. The van der Waals surface area contributed by atoms with Gasteiger partial charge in [-0.15, -0.1) is 0 Å². The van der Waals surface area contributed by atoms with Crippen LogP contribution in [0, 0.1) is 0 Å². The van der Waals surface area contributed by atoms with Crippen molar-refractivity contribution < 1.29 is 9.59 Å². The summed E-state index contributed by atoms with van der Waals surface area (Å²) in [7, 11) is 0. The zero-order chi connectivity index (χ0) is 23.9. The maximum absolute atomic E-state index is 12.8. The number of nitrogens with one attached hydrogen (secondary N) is 1. The van der Waals surface area contributed by atoms with E-state index in [1.54, 1.807) is 18.2 Å². The zero-order valence-electron chi connectivity index (χ0n) is 19.2. The number of carbonyl (C=O) groups excluding carboxylic acids is 2. The quantitative estimate of drug-likeness (QED) is 0.480. The molecule has 1 heterocycles. The van der Waals surface area contributed by atoms with Gasteiger partial charge in [-0.1, -0.05) is 42.8 Å². The van der Waals surface area contributed by atoms with Crippen LogP contribution in [0.15, 0.2) is 78.9 Å². The molecule has 0 radical (unpaired) electrons. The van der Waals surface area contributed by atoms with E-state index in [9.17, 15) is 9.59 Å². The van der Waals surface area contributed by atoms with Gasteiger partial charge in [-0.25, -0.2) is 0 Å². The van der Waals surface area contributed by atoms with Crippen molar-refractivity contribution >= 4 is 40.9 Å². The number of hydrogen-bond acceptors (Lipinski definition) is 3. The van der Waals surface area contributed by atoms with Crippen LogP contribution in [0.1, 0.15) is 28.4 Å². The maximum atomic E-state index is 12.8. The second-order valence-corrected chi connectivity index (χ2v) is 8.69.